The van der Waals surface area contributed by atoms with E-state index < -0.39 is 5.41 Å². The zero-order valence-corrected chi connectivity index (χ0v) is 9.96. The van der Waals surface area contributed by atoms with Crippen molar-refractivity contribution in [1.29, 1.82) is 5.26 Å². The van der Waals surface area contributed by atoms with Crippen LogP contribution in [-0.2, 0) is 5.41 Å². The summed E-state index contributed by atoms with van der Waals surface area (Å²) >= 11 is 0. The van der Waals surface area contributed by atoms with Gasteiger partial charge in [0, 0.05) is 22.6 Å². The number of aromatic nitrogens is 1. The van der Waals surface area contributed by atoms with Gasteiger partial charge in [0.1, 0.15) is 11.8 Å². The first-order chi connectivity index (χ1) is 7.32. The van der Waals surface area contributed by atoms with Crippen molar-refractivity contribution in [3.05, 3.63) is 29.1 Å². The van der Waals surface area contributed by atoms with Crippen LogP contribution in [0.1, 0.15) is 49.3 Å². The van der Waals surface area contributed by atoms with E-state index in [1.54, 1.807) is 6.07 Å². The molecule has 1 aromatic rings. The monoisotopic (exact) mass is 214 g/mol. The molecule has 0 amide bonds. The Labute approximate surface area is 95.1 Å². The van der Waals surface area contributed by atoms with Crippen molar-refractivity contribution in [1.82, 2.24) is 4.98 Å². The molecule has 3 nitrogen and oxygen atoms in total. The molecule has 0 N–H and O–H groups in total. The second kappa shape index (κ2) is 2.91. The molecule has 0 aliphatic heterocycles. The lowest BCUT2D eigenvalue weighted by molar-refractivity contribution is 0.0779. The Morgan fingerprint density at radius 2 is 1.88 bits per heavy atom. The van der Waals surface area contributed by atoms with Crippen LogP contribution in [0.4, 0.5) is 0 Å². The minimum Gasteiger partial charge on any atom is -0.293 e. The molecule has 3 heteroatoms. The lowest BCUT2D eigenvalue weighted by Gasteiger charge is -2.33. The minimum absolute atomic E-state index is 0.115. The molecule has 0 fully saturated rings. The van der Waals surface area contributed by atoms with Gasteiger partial charge in [-0.05, 0) is 11.6 Å². The fraction of sp³-hybridized carbons (Fsp3) is 0.462. The molecule has 0 saturated carbocycles. The maximum Gasteiger partial charge on any atom is 0.171 e. The maximum absolute atomic E-state index is 12.2. The largest absolute Gasteiger partial charge is 0.293 e. The molecule has 82 valence electrons. The standard InChI is InChI=1S/C13H14N2O/c1-12(2)10-5-8(6-14)15-7-9(10)11(16)13(12,3)4/h5,7H,1-4H3. The number of rotatable bonds is 0. The van der Waals surface area contributed by atoms with E-state index in [0.717, 1.165) is 5.56 Å². The molecule has 0 atom stereocenters. The van der Waals surface area contributed by atoms with Gasteiger partial charge in [0.05, 0.1) is 0 Å². The normalized spacial score (nSPS) is 20.3. The van der Waals surface area contributed by atoms with Crippen LogP contribution in [-0.4, -0.2) is 10.8 Å². The molecule has 1 aliphatic carbocycles. The van der Waals surface area contributed by atoms with Crippen molar-refractivity contribution in [3.8, 4) is 6.07 Å². The van der Waals surface area contributed by atoms with Gasteiger partial charge in [-0.2, -0.15) is 5.26 Å². The fourth-order valence-corrected chi connectivity index (χ4v) is 2.17. The van der Waals surface area contributed by atoms with Gasteiger partial charge in [-0.15, -0.1) is 0 Å². The molecule has 1 aromatic heterocycles. The molecule has 1 aliphatic rings. The van der Waals surface area contributed by atoms with Crippen LogP contribution in [0.5, 0.6) is 0 Å². The van der Waals surface area contributed by atoms with Gasteiger partial charge >= 0.3 is 0 Å². The van der Waals surface area contributed by atoms with Crippen LogP contribution in [0.15, 0.2) is 12.3 Å². The summed E-state index contributed by atoms with van der Waals surface area (Å²) in [5.74, 6) is 0.115. The molecule has 0 radical (unpaired) electrons. The molecule has 2 rings (SSSR count). The first-order valence-corrected chi connectivity index (χ1v) is 5.28. The third-order valence-electron chi connectivity index (χ3n) is 4.07. The van der Waals surface area contributed by atoms with Gasteiger partial charge < -0.3 is 0 Å². The smallest absolute Gasteiger partial charge is 0.171 e. The summed E-state index contributed by atoms with van der Waals surface area (Å²) in [6.45, 7) is 7.97. The Hall–Kier alpha value is -1.69. The average molecular weight is 214 g/mol. The molecular weight excluding hydrogens is 200 g/mol. The zero-order valence-electron chi connectivity index (χ0n) is 9.96. The Bertz CT molecular complexity index is 521. The predicted molar refractivity (Wildman–Crippen MR) is 60.1 cm³/mol. The second-order valence-electron chi connectivity index (χ2n) is 5.31. The summed E-state index contributed by atoms with van der Waals surface area (Å²) in [4.78, 5) is 16.2. The molecule has 0 saturated heterocycles. The van der Waals surface area contributed by atoms with Crippen molar-refractivity contribution >= 4 is 5.78 Å². The molecule has 16 heavy (non-hydrogen) atoms. The summed E-state index contributed by atoms with van der Waals surface area (Å²) < 4.78 is 0. The molecule has 0 bridgehead atoms. The predicted octanol–water partition coefficient (Wildman–Crippen LogP) is 2.45. The Morgan fingerprint density at radius 1 is 1.25 bits per heavy atom. The second-order valence-corrected chi connectivity index (χ2v) is 5.31. The first kappa shape index (κ1) is 10.8. The Kier molecular flexibility index (Phi) is 1.97. The number of pyridine rings is 1. The number of nitriles is 1. The quantitative estimate of drug-likeness (QED) is 0.666. The summed E-state index contributed by atoms with van der Waals surface area (Å²) in [6.07, 6.45) is 1.53. The van der Waals surface area contributed by atoms with Crippen molar-refractivity contribution in [2.45, 2.75) is 33.1 Å². The van der Waals surface area contributed by atoms with Gasteiger partial charge in [0.25, 0.3) is 0 Å². The summed E-state index contributed by atoms with van der Waals surface area (Å²) in [5, 5.41) is 8.84. The van der Waals surface area contributed by atoms with Crippen molar-refractivity contribution < 1.29 is 4.79 Å². The third kappa shape index (κ3) is 1.07. The highest BCUT2D eigenvalue weighted by atomic mass is 16.1. The molecule has 1 heterocycles. The highest BCUT2D eigenvalue weighted by Crippen LogP contribution is 2.50. The minimum atomic E-state index is -0.439. The van der Waals surface area contributed by atoms with Gasteiger partial charge in [0.15, 0.2) is 5.78 Å². The van der Waals surface area contributed by atoms with Crippen molar-refractivity contribution in [2.75, 3.05) is 0 Å². The highest BCUT2D eigenvalue weighted by Gasteiger charge is 2.52. The lowest BCUT2D eigenvalue weighted by Crippen LogP contribution is -2.35. The van der Waals surface area contributed by atoms with E-state index in [4.69, 9.17) is 5.26 Å². The zero-order chi connectivity index (χ0) is 12.1. The van der Waals surface area contributed by atoms with Crippen LogP contribution in [0.3, 0.4) is 0 Å². The summed E-state index contributed by atoms with van der Waals surface area (Å²) in [5.41, 5.74) is 1.28. The molecule has 0 unspecified atom stereocenters. The van der Waals surface area contributed by atoms with Crippen LogP contribution in [0.2, 0.25) is 0 Å². The van der Waals surface area contributed by atoms with E-state index in [0.29, 0.717) is 11.3 Å². The van der Waals surface area contributed by atoms with E-state index in [9.17, 15) is 4.79 Å². The molecule has 0 spiro atoms. The summed E-state index contributed by atoms with van der Waals surface area (Å²) in [6, 6.07) is 3.75. The van der Waals surface area contributed by atoms with E-state index in [-0.39, 0.29) is 11.2 Å². The van der Waals surface area contributed by atoms with Crippen LogP contribution >= 0.6 is 0 Å². The van der Waals surface area contributed by atoms with Crippen LogP contribution < -0.4 is 0 Å². The fourth-order valence-electron chi connectivity index (χ4n) is 2.17. The van der Waals surface area contributed by atoms with E-state index in [1.807, 2.05) is 33.8 Å². The van der Waals surface area contributed by atoms with Crippen LogP contribution in [0.25, 0.3) is 0 Å². The molecule has 0 aromatic carbocycles. The number of Topliss-reactive ketones (excluding diaryl/α,β-unsaturated/α-hetero) is 1. The number of carbonyl (C=O) groups is 1. The number of hydrogen-bond donors (Lipinski definition) is 0. The first-order valence-electron chi connectivity index (χ1n) is 5.28. The number of nitrogens with zero attached hydrogens (tertiary/aromatic N) is 2. The third-order valence-corrected chi connectivity index (χ3v) is 4.07. The van der Waals surface area contributed by atoms with Gasteiger partial charge in [0.2, 0.25) is 0 Å². The van der Waals surface area contributed by atoms with Gasteiger partial charge in [-0.25, -0.2) is 4.98 Å². The lowest BCUT2D eigenvalue weighted by atomic mass is 9.68. The number of hydrogen-bond acceptors (Lipinski definition) is 3. The van der Waals surface area contributed by atoms with E-state index in [1.165, 1.54) is 6.20 Å². The van der Waals surface area contributed by atoms with Crippen molar-refractivity contribution in [2.24, 2.45) is 5.41 Å². The van der Waals surface area contributed by atoms with Crippen LogP contribution in [0, 0.1) is 16.7 Å². The number of ketones is 1. The average Bonchev–Trinajstić information content (AvgIpc) is 2.38. The van der Waals surface area contributed by atoms with Gasteiger partial charge in [-0.1, -0.05) is 27.7 Å². The Morgan fingerprint density at radius 3 is 2.44 bits per heavy atom. The molecular formula is C13H14N2O. The number of fused-ring (bicyclic) bond motifs is 1. The summed E-state index contributed by atoms with van der Waals surface area (Å²) in [7, 11) is 0. The maximum atomic E-state index is 12.2. The Balaban J connectivity index is 2.75. The van der Waals surface area contributed by atoms with Gasteiger partial charge in [-0.3, -0.25) is 4.79 Å². The van der Waals surface area contributed by atoms with E-state index >= 15 is 0 Å². The highest BCUT2D eigenvalue weighted by molar-refractivity contribution is 6.06. The number of carbonyl (C=O) groups excluding carboxylic acids is 1. The van der Waals surface area contributed by atoms with Crippen molar-refractivity contribution in [3.63, 3.8) is 0 Å². The SMILES string of the molecule is CC1(C)C(=O)c2cnc(C#N)cc2C1(C)C. The van der Waals surface area contributed by atoms with E-state index in [2.05, 4.69) is 4.98 Å². The topological polar surface area (TPSA) is 53.8 Å².